The molecule has 0 radical (unpaired) electrons. The van der Waals surface area contributed by atoms with E-state index in [0.29, 0.717) is 11.8 Å². The van der Waals surface area contributed by atoms with Gasteiger partial charge in [-0.25, -0.2) is 4.79 Å². The fourth-order valence-electron chi connectivity index (χ4n) is 2.40. The number of aromatic amines is 1. The second kappa shape index (κ2) is 6.67. The van der Waals surface area contributed by atoms with E-state index in [-0.39, 0.29) is 5.97 Å². The summed E-state index contributed by atoms with van der Waals surface area (Å²) in [5.74, 6) is -0.371. The molecule has 3 aromatic rings. The first-order valence-electron chi connectivity index (χ1n) is 7.27. The van der Waals surface area contributed by atoms with E-state index in [4.69, 9.17) is 16.3 Å². The first kappa shape index (κ1) is 15.3. The van der Waals surface area contributed by atoms with E-state index in [0.717, 1.165) is 27.6 Å². The Morgan fingerprint density at radius 2 is 2.00 bits per heavy atom. The van der Waals surface area contributed by atoms with Gasteiger partial charge in [-0.15, -0.1) is 0 Å². The molecule has 0 unspecified atom stereocenters. The van der Waals surface area contributed by atoms with Crippen molar-refractivity contribution in [2.24, 2.45) is 0 Å². The molecule has 23 heavy (non-hydrogen) atoms. The van der Waals surface area contributed by atoms with Crippen LogP contribution in [0.2, 0.25) is 5.15 Å². The standard InChI is InChI=1S/C18H15ClN2O2/c1-2-23-17(22)11-14(12-6-4-3-5-7-12)13-8-9-16-15(10-13)18(19)21-20-16/h3-11H,2H2,1H3,(H,20,21). The molecule has 0 bridgehead atoms. The zero-order chi connectivity index (χ0) is 16.2. The van der Waals surface area contributed by atoms with Crippen LogP contribution in [0.5, 0.6) is 0 Å². The van der Waals surface area contributed by atoms with Gasteiger partial charge in [0.05, 0.1) is 12.1 Å². The molecule has 1 heterocycles. The second-order valence-electron chi connectivity index (χ2n) is 4.95. The quantitative estimate of drug-likeness (QED) is 0.577. The number of halogens is 1. The third kappa shape index (κ3) is 3.27. The molecule has 0 aliphatic carbocycles. The smallest absolute Gasteiger partial charge is 0.331 e. The number of hydrogen-bond donors (Lipinski definition) is 1. The summed E-state index contributed by atoms with van der Waals surface area (Å²) in [6.07, 6.45) is 1.51. The molecule has 0 aliphatic heterocycles. The van der Waals surface area contributed by atoms with Gasteiger partial charge in [0, 0.05) is 11.5 Å². The van der Waals surface area contributed by atoms with Gasteiger partial charge < -0.3 is 4.74 Å². The van der Waals surface area contributed by atoms with Gasteiger partial charge in [0.2, 0.25) is 0 Å². The van der Waals surface area contributed by atoms with Gasteiger partial charge in [0.25, 0.3) is 0 Å². The lowest BCUT2D eigenvalue weighted by Crippen LogP contribution is -2.01. The Bertz CT molecular complexity index is 869. The van der Waals surface area contributed by atoms with Crippen molar-refractivity contribution in [3.8, 4) is 0 Å². The van der Waals surface area contributed by atoms with E-state index in [1.54, 1.807) is 6.92 Å². The second-order valence-corrected chi connectivity index (χ2v) is 5.32. The Kier molecular flexibility index (Phi) is 4.44. The highest BCUT2D eigenvalue weighted by Gasteiger charge is 2.11. The maximum absolute atomic E-state index is 11.9. The third-order valence-corrected chi connectivity index (χ3v) is 3.74. The van der Waals surface area contributed by atoms with Gasteiger partial charge in [0.15, 0.2) is 0 Å². The number of benzene rings is 2. The summed E-state index contributed by atoms with van der Waals surface area (Å²) in [6, 6.07) is 15.4. The van der Waals surface area contributed by atoms with Gasteiger partial charge >= 0.3 is 5.97 Å². The maximum atomic E-state index is 11.9. The summed E-state index contributed by atoms with van der Waals surface area (Å²) in [4.78, 5) is 11.9. The van der Waals surface area contributed by atoms with E-state index in [1.807, 2.05) is 48.5 Å². The average molecular weight is 327 g/mol. The summed E-state index contributed by atoms with van der Waals surface area (Å²) >= 11 is 6.12. The lowest BCUT2D eigenvalue weighted by molar-refractivity contribution is -0.137. The van der Waals surface area contributed by atoms with Crippen LogP contribution in [0.15, 0.2) is 54.6 Å². The Balaban J connectivity index is 2.13. The molecular weight excluding hydrogens is 312 g/mol. The molecule has 5 heteroatoms. The van der Waals surface area contributed by atoms with Gasteiger partial charge in [0.1, 0.15) is 5.15 Å². The topological polar surface area (TPSA) is 55.0 Å². The van der Waals surface area contributed by atoms with Crippen molar-refractivity contribution in [3.05, 3.63) is 70.9 Å². The van der Waals surface area contributed by atoms with Crippen molar-refractivity contribution < 1.29 is 9.53 Å². The molecule has 1 aromatic heterocycles. The number of aromatic nitrogens is 2. The largest absolute Gasteiger partial charge is 0.463 e. The van der Waals surface area contributed by atoms with Crippen molar-refractivity contribution in [1.29, 1.82) is 0 Å². The Morgan fingerprint density at radius 1 is 1.22 bits per heavy atom. The molecule has 1 N–H and O–H groups in total. The normalized spacial score (nSPS) is 11.7. The van der Waals surface area contributed by atoms with Crippen molar-refractivity contribution in [3.63, 3.8) is 0 Å². The Morgan fingerprint density at radius 3 is 2.74 bits per heavy atom. The van der Waals surface area contributed by atoms with Crippen LogP contribution >= 0.6 is 11.6 Å². The van der Waals surface area contributed by atoms with E-state index >= 15 is 0 Å². The van der Waals surface area contributed by atoms with Crippen LogP contribution in [0.1, 0.15) is 18.1 Å². The SMILES string of the molecule is CCOC(=O)C=C(c1ccccc1)c1ccc2n[nH]c(Cl)c2c1. The molecule has 0 atom stereocenters. The number of nitrogens with one attached hydrogen (secondary N) is 1. The number of H-pyrrole nitrogens is 1. The van der Waals surface area contributed by atoms with Gasteiger partial charge in [-0.1, -0.05) is 48.0 Å². The molecule has 0 saturated heterocycles. The van der Waals surface area contributed by atoms with Gasteiger partial charge in [-0.05, 0) is 35.8 Å². The minimum Gasteiger partial charge on any atom is -0.463 e. The monoisotopic (exact) mass is 326 g/mol. The van der Waals surface area contributed by atoms with Gasteiger partial charge in [-0.3, -0.25) is 5.10 Å². The number of carbonyl (C=O) groups is 1. The molecule has 2 aromatic carbocycles. The zero-order valence-electron chi connectivity index (χ0n) is 12.5. The number of rotatable bonds is 4. The van der Waals surface area contributed by atoms with Crippen LogP contribution < -0.4 is 0 Å². The first-order valence-corrected chi connectivity index (χ1v) is 7.64. The Labute approximate surface area is 138 Å². The predicted octanol–water partition coefficient (Wildman–Crippen LogP) is 4.21. The van der Waals surface area contributed by atoms with Crippen LogP contribution in [0.25, 0.3) is 16.5 Å². The summed E-state index contributed by atoms with van der Waals surface area (Å²) in [5.41, 5.74) is 3.37. The van der Waals surface area contributed by atoms with E-state index in [9.17, 15) is 4.79 Å². The van der Waals surface area contributed by atoms with Crippen LogP contribution in [-0.4, -0.2) is 22.8 Å². The molecule has 0 fully saturated rings. The van der Waals surface area contributed by atoms with E-state index in [2.05, 4.69) is 10.2 Å². The van der Waals surface area contributed by atoms with Crippen molar-refractivity contribution in [1.82, 2.24) is 10.2 Å². The average Bonchev–Trinajstić information content (AvgIpc) is 2.94. The fourth-order valence-corrected chi connectivity index (χ4v) is 2.59. The van der Waals surface area contributed by atoms with Crippen molar-refractivity contribution in [2.75, 3.05) is 6.61 Å². The van der Waals surface area contributed by atoms with Crippen molar-refractivity contribution in [2.45, 2.75) is 6.92 Å². The van der Waals surface area contributed by atoms with E-state index < -0.39 is 0 Å². The molecule has 3 rings (SSSR count). The fraction of sp³-hybridized carbons (Fsp3) is 0.111. The van der Waals surface area contributed by atoms with E-state index in [1.165, 1.54) is 6.08 Å². The summed E-state index contributed by atoms with van der Waals surface area (Å²) < 4.78 is 5.05. The van der Waals surface area contributed by atoms with Crippen LogP contribution in [0, 0.1) is 0 Å². The molecule has 0 amide bonds. The zero-order valence-corrected chi connectivity index (χ0v) is 13.3. The molecule has 0 aliphatic rings. The third-order valence-electron chi connectivity index (χ3n) is 3.45. The molecule has 0 spiro atoms. The highest BCUT2D eigenvalue weighted by molar-refractivity contribution is 6.34. The highest BCUT2D eigenvalue weighted by atomic mass is 35.5. The maximum Gasteiger partial charge on any atom is 0.331 e. The predicted molar refractivity (Wildman–Crippen MR) is 91.3 cm³/mol. The number of carbonyl (C=O) groups excluding carboxylic acids is 1. The van der Waals surface area contributed by atoms with Crippen LogP contribution in [0.4, 0.5) is 0 Å². The number of hydrogen-bond acceptors (Lipinski definition) is 3. The van der Waals surface area contributed by atoms with Crippen molar-refractivity contribution >= 4 is 34.0 Å². The number of esters is 1. The van der Waals surface area contributed by atoms with Crippen LogP contribution in [-0.2, 0) is 9.53 Å². The summed E-state index contributed by atoms with van der Waals surface area (Å²) in [7, 11) is 0. The summed E-state index contributed by atoms with van der Waals surface area (Å²) in [6.45, 7) is 2.12. The van der Waals surface area contributed by atoms with Crippen LogP contribution in [0.3, 0.4) is 0 Å². The minimum absolute atomic E-state index is 0.337. The molecule has 116 valence electrons. The molecule has 4 nitrogen and oxygen atoms in total. The number of ether oxygens (including phenoxy) is 1. The summed E-state index contributed by atoms with van der Waals surface area (Å²) in [5, 5.41) is 8.15. The number of fused-ring (bicyclic) bond motifs is 1. The van der Waals surface area contributed by atoms with Gasteiger partial charge in [-0.2, -0.15) is 5.10 Å². The molecule has 0 saturated carbocycles. The number of nitrogens with zero attached hydrogens (tertiary/aromatic N) is 1. The molecular formula is C18H15ClN2O2. The highest BCUT2D eigenvalue weighted by Crippen LogP contribution is 2.28. The minimum atomic E-state index is -0.371. The lowest BCUT2D eigenvalue weighted by atomic mass is 9.96. The Hall–Kier alpha value is -2.59. The lowest BCUT2D eigenvalue weighted by Gasteiger charge is -2.09. The first-order chi connectivity index (χ1) is 11.2.